The molecule has 1 saturated heterocycles. The third-order valence-electron chi connectivity index (χ3n) is 3.83. The van der Waals surface area contributed by atoms with Gasteiger partial charge in [-0.3, -0.25) is 0 Å². The van der Waals surface area contributed by atoms with Gasteiger partial charge in [-0.05, 0) is 26.1 Å². The van der Waals surface area contributed by atoms with Gasteiger partial charge in [-0.25, -0.2) is 4.79 Å². The molecular weight excluding hydrogens is 240 g/mol. The number of benzene rings is 1. The molecule has 1 aliphatic heterocycles. The average Bonchev–Trinajstić information content (AvgIpc) is 2.42. The maximum atomic E-state index is 12.0. The van der Waals surface area contributed by atoms with Crippen molar-refractivity contribution in [2.24, 2.45) is 0 Å². The van der Waals surface area contributed by atoms with Gasteiger partial charge >= 0.3 is 5.63 Å². The normalized spacial score (nSPS) is 17.1. The van der Waals surface area contributed by atoms with Crippen LogP contribution in [-0.4, -0.2) is 38.1 Å². The van der Waals surface area contributed by atoms with Crippen molar-refractivity contribution in [2.75, 3.05) is 38.1 Å². The highest BCUT2D eigenvalue weighted by Crippen LogP contribution is 2.28. The van der Waals surface area contributed by atoms with Crippen LogP contribution in [0, 0.1) is 6.92 Å². The molecule has 0 saturated carbocycles. The Morgan fingerprint density at radius 1 is 1.11 bits per heavy atom. The van der Waals surface area contributed by atoms with Gasteiger partial charge in [0.05, 0.1) is 11.3 Å². The highest BCUT2D eigenvalue weighted by Gasteiger charge is 2.20. The van der Waals surface area contributed by atoms with E-state index in [4.69, 9.17) is 4.42 Å². The van der Waals surface area contributed by atoms with Gasteiger partial charge in [-0.15, -0.1) is 0 Å². The maximum absolute atomic E-state index is 12.0. The molecule has 0 bridgehead atoms. The Balaban J connectivity index is 2.16. The third kappa shape index (κ3) is 2.12. The van der Waals surface area contributed by atoms with Gasteiger partial charge in [0.25, 0.3) is 0 Å². The van der Waals surface area contributed by atoms with Gasteiger partial charge in [-0.2, -0.15) is 0 Å². The summed E-state index contributed by atoms with van der Waals surface area (Å²) < 4.78 is 5.35. The van der Waals surface area contributed by atoms with Crippen molar-refractivity contribution in [3.63, 3.8) is 0 Å². The Hall–Kier alpha value is -1.81. The summed E-state index contributed by atoms with van der Waals surface area (Å²) in [6, 6.07) is 7.77. The molecule has 4 nitrogen and oxygen atoms in total. The summed E-state index contributed by atoms with van der Waals surface area (Å²) in [5.74, 6) is 0. The van der Waals surface area contributed by atoms with Crippen LogP contribution in [0.15, 0.2) is 33.5 Å². The molecule has 100 valence electrons. The summed E-state index contributed by atoms with van der Waals surface area (Å²) in [6.07, 6.45) is 0. The molecule has 4 heteroatoms. The number of piperazine rings is 1. The lowest BCUT2D eigenvalue weighted by Crippen LogP contribution is -2.45. The summed E-state index contributed by atoms with van der Waals surface area (Å²) in [7, 11) is 2.13. The molecule has 2 aromatic rings. The highest BCUT2D eigenvalue weighted by molar-refractivity contribution is 5.91. The molecule has 0 radical (unpaired) electrons. The summed E-state index contributed by atoms with van der Waals surface area (Å²) in [6.45, 7) is 5.80. The largest absolute Gasteiger partial charge is 0.422 e. The first-order chi connectivity index (χ1) is 9.16. The van der Waals surface area contributed by atoms with Crippen molar-refractivity contribution in [1.29, 1.82) is 0 Å². The quantitative estimate of drug-likeness (QED) is 0.732. The van der Waals surface area contributed by atoms with E-state index in [2.05, 4.69) is 16.8 Å². The number of anilines is 1. The number of likely N-dealkylation sites (N-methyl/N-ethyl adjacent to an activating group) is 1. The lowest BCUT2D eigenvalue weighted by atomic mass is 10.1. The Labute approximate surface area is 112 Å². The second-order valence-electron chi connectivity index (χ2n) is 5.15. The topological polar surface area (TPSA) is 36.7 Å². The number of rotatable bonds is 1. The molecule has 0 N–H and O–H groups in total. The van der Waals surface area contributed by atoms with Gasteiger partial charge < -0.3 is 14.2 Å². The van der Waals surface area contributed by atoms with Crippen LogP contribution in [0.25, 0.3) is 11.0 Å². The number of nitrogens with zero attached hydrogens (tertiary/aromatic N) is 2. The predicted molar refractivity (Wildman–Crippen MR) is 76.9 cm³/mol. The van der Waals surface area contributed by atoms with E-state index in [0.717, 1.165) is 37.3 Å². The zero-order valence-electron chi connectivity index (χ0n) is 11.3. The van der Waals surface area contributed by atoms with Gasteiger partial charge in [-0.1, -0.05) is 12.1 Å². The maximum Gasteiger partial charge on any atom is 0.341 e. The Bertz CT molecular complexity index is 655. The molecular formula is C15H18N2O2. The van der Waals surface area contributed by atoms with E-state index >= 15 is 0 Å². The standard InChI is InChI=1S/C15H18N2O2/c1-11-14(17-9-7-16(2)8-10-17)12-5-3-4-6-13(12)19-15(11)18/h3-6H,7-10H2,1-2H3. The Morgan fingerprint density at radius 3 is 2.53 bits per heavy atom. The van der Waals surface area contributed by atoms with E-state index in [9.17, 15) is 4.79 Å². The molecule has 0 spiro atoms. The van der Waals surface area contributed by atoms with E-state index in [-0.39, 0.29) is 5.63 Å². The van der Waals surface area contributed by atoms with E-state index < -0.39 is 0 Å². The molecule has 1 fully saturated rings. The van der Waals surface area contributed by atoms with Crippen LogP contribution in [0.2, 0.25) is 0 Å². The number of para-hydroxylation sites is 1. The van der Waals surface area contributed by atoms with Crippen molar-refractivity contribution in [2.45, 2.75) is 6.92 Å². The fourth-order valence-corrected chi connectivity index (χ4v) is 2.66. The average molecular weight is 258 g/mol. The second kappa shape index (κ2) is 4.70. The van der Waals surface area contributed by atoms with Crippen LogP contribution in [0.3, 0.4) is 0 Å². The third-order valence-corrected chi connectivity index (χ3v) is 3.83. The van der Waals surface area contributed by atoms with Gasteiger partial charge in [0, 0.05) is 31.6 Å². The monoisotopic (exact) mass is 258 g/mol. The fourth-order valence-electron chi connectivity index (χ4n) is 2.66. The van der Waals surface area contributed by atoms with Crippen molar-refractivity contribution in [3.05, 3.63) is 40.2 Å². The summed E-state index contributed by atoms with van der Waals surface area (Å²) >= 11 is 0. The van der Waals surface area contributed by atoms with Crippen LogP contribution in [0.4, 0.5) is 5.69 Å². The Morgan fingerprint density at radius 2 is 1.79 bits per heavy atom. The van der Waals surface area contributed by atoms with Crippen LogP contribution in [0.1, 0.15) is 5.56 Å². The first-order valence-electron chi connectivity index (χ1n) is 6.63. The van der Waals surface area contributed by atoms with E-state index in [1.54, 1.807) is 0 Å². The number of fused-ring (bicyclic) bond motifs is 1. The zero-order valence-corrected chi connectivity index (χ0v) is 11.3. The minimum Gasteiger partial charge on any atom is -0.422 e. The van der Waals surface area contributed by atoms with Crippen molar-refractivity contribution in [1.82, 2.24) is 4.90 Å². The smallest absolute Gasteiger partial charge is 0.341 e. The van der Waals surface area contributed by atoms with E-state index in [1.165, 1.54) is 0 Å². The molecule has 0 unspecified atom stereocenters. The van der Waals surface area contributed by atoms with Crippen molar-refractivity contribution >= 4 is 16.7 Å². The fraction of sp³-hybridized carbons (Fsp3) is 0.400. The molecule has 1 aromatic heterocycles. The van der Waals surface area contributed by atoms with Crippen LogP contribution in [-0.2, 0) is 0 Å². The molecule has 1 aromatic carbocycles. The first-order valence-corrected chi connectivity index (χ1v) is 6.63. The minimum atomic E-state index is -0.229. The van der Waals surface area contributed by atoms with Crippen LogP contribution in [0.5, 0.6) is 0 Å². The van der Waals surface area contributed by atoms with Crippen LogP contribution < -0.4 is 10.5 Å². The summed E-state index contributed by atoms with van der Waals surface area (Å²) in [4.78, 5) is 16.6. The number of hydrogen-bond acceptors (Lipinski definition) is 4. The molecule has 0 amide bonds. The second-order valence-corrected chi connectivity index (χ2v) is 5.15. The van der Waals surface area contributed by atoms with Gasteiger partial charge in [0.15, 0.2) is 0 Å². The lowest BCUT2D eigenvalue weighted by Gasteiger charge is -2.35. The molecule has 0 atom stereocenters. The number of hydrogen-bond donors (Lipinski definition) is 0. The minimum absolute atomic E-state index is 0.229. The van der Waals surface area contributed by atoms with Gasteiger partial charge in [0.2, 0.25) is 0 Å². The highest BCUT2D eigenvalue weighted by atomic mass is 16.4. The Kier molecular flexibility index (Phi) is 3.03. The summed E-state index contributed by atoms with van der Waals surface area (Å²) in [5.41, 5.74) is 2.20. The lowest BCUT2D eigenvalue weighted by molar-refractivity contribution is 0.313. The molecule has 0 aliphatic carbocycles. The molecule has 1 aliphatic rings. The zero-order chi connectivity index (χ0) is 13.4. The molecule has 2 heterocycles. The predicted octanol–water partition coefficient (Wildman–Crippen LogP) is 1.85. The van der Waals surface area contributed by atoms with E-state index in [1.807, 2.05) is 31.2 Å². The molecule has 3 rings (SSSR count). The van der Waals surface area contributed by atoms with E-state index in [0.29, 0.717) is 11.1 Å². The van der Waals surface area contributed by atoms with Gasteiger partial charge in [0.1, 0.15) is 5.58 Å². The molecule has 19 heavy (non-hydrogen) atoms. The SMILES string of the molecule is Cc1c(N2CCN(C)CC2)c2ccccc2oc1=O. The first kappa shape index (κ1) is 12.2. The van der Waals surface area contributed by atoms with Crippen molar-refractivity contribution in [3.8, 4) is 0 Å². The van der Waals surface area contributed by atoms with Crippen LogP contribution >= 0.6 is 0 Å². The summed E-state index contributed by atoms with van der Waals surface area (Å²) in [5, 5.41) is 1.03. The van der Waals surface area contributed by atoms with Crippen molar-refractivity contribution < 1.29 is 4.42 Å².